The fourth-order valence-electron chi connectivity index (χ4n) is 0.495. The standard InChI is InChI=1S/C4H9N3O/c5-4-2-1-3-8-7(4)6/h1-2,4H,3,5-6H2. The van der Waals surface area contributed by atoms with Crippen LogP contribution >= 0.6 is 0 Å². The van der Waals surface area contributed by atoms with Crippen LogP contribution in [0.1, 0.15) is 0 Å². The zero-order valence-electron chi connectivity index (χ0n) is 4.45. The number of hydroxylamine groups is 1. The number of hydrogen-bond donors (Lipinski definition) is 2. The van der Waals surface area contributed by atoms with Gasteiger partial charge in [0.2, 0.25) is 0 Å². The second-order valence-corrected chi connectivity index (χ2v) is 1.57. The second-order valence-electron chi connectivity index (χ2n) is 1.57. The van der Waals surface area contributed by atoms with Gasteiger partial charge in [0.1, 0.15) is 6.17 Å². The lowest BCUT2D eigenvalue weighted by molar-refractivity contribution is -0.175. The lowest BCUT2D eigenvalue weighted by atomic mass is 10.4. The molecule has 0 aromatic carbocycles. The van der Waals surface area contributed by atoms with E-state index >= 15 is 0 Å². The van der Waals surface area contributed by atoms with E-state index in [0.717, 1.165) is 5.17 Å². The molecular formula is C4H9N3O. The number of hydrazine groups is 1. The van der Waals surface area contributed by atoms with Crippen molar-refractivity contribution in [2.75, 3.05) is 6.61 Å². The molecule has 1 atom stereocenters. The minimum atomic E-state index is -0.288. The normalized spacial score (nSPS) is 31.0. The summed E-state index contributed by atoms with van der Waals surface area (Å²) >= 11 is 0. The van der Waals surface area contributed by atoms with Gasteiger partial charge in [-0.3, -0.25) is 4.84 Å². The van der Waals surface area contributed by atoms with Crippen LogP contribution in [0, 0.1) is 0 Å². The van der Waals surface area contributed by atoms with Crippen molar-refractivity contribution >= 4 is 0 Å². The fourth-order valence-corrected chi connectivity index (χ4v) is 0.495. The highest BCUT2D eigenvalue weighted by molar-refractivity contribution is 4.91. The lowest BCUT2D eigenvalue weighted by Gasteiger charge is -2.22. The summed E-state index contributed by atoms with van der Waals surface area (Å²) in [5, 5.41) is 1.12. The van der Waals surface area contributed by atoms with Gasteiger partial charge in [0.25, 0.3) is 0 Å². The van der Waals surface area contributed by atoms with E-state index in [1.165, 1.54) is 0 Å². The van der Waals surface area contributed by atoms with Crippen molar-refractivity contribution in [1.29, 1.82) is 0 Å². The minimum Gasteiger partial charge on any atom is -0.309 e. The Morgan fingerprint density at radius 3 is 2.88 bits per heavy atom. The molecule has 0 radical (unpaired) electrons. The van der Waals surface area contributed by atoms with Crippen molar-refractivity contribution in [2.45, 2.75) is 6.17 Å². The molecule has 8 heavy (non-hydrogen) atoms. The van der Waals surface area contributed by atoms with Crippen molar-refractivity contribution in [3.8, 4) is 0 Å². The highest BCUT2D eigenvalue weighted by atomic mass is 16.7. The molecule has 4 N–H and O–H groups in total. The van der Waals surface area contributed by atoms with Gasteiger partial charge in [-0.25, -0.2) is 5.84 Å². The number of nitrogens with zero attached hydrogens (tertiary/aromatic N) is 1. The molecule has 0 saturated heterocycles. The van der Waals surface area contributed by atoms with E-state index in [2.05, 4.69) is 0 Å². The summed E-state index contributed by atoms with van der Waals surface area (Å²) in [5.41, 5.74) is 5.37. The lowest BCUT2D eigenvalue weighted by Crippen LogP contribution is -2.47. The average Bonchev–Trinajstić information content (AvgIpc) is 1.77. The zero-order chi connectivity index (χ0) is 5.98. The highest BCUT2D eigenvalue weighted by Crippen LogP contribution is 1.95. The molecule has 1 heterocycles. The van der Waals surface area contributed by atoms with Gasteiger partial charge in [-0.1, -0.05) is 12.2 Å². The topological polar surface area (TPSA) is 64.5 Å². The molecule has 1 aliphatic heterocycles. The van der Waals surface area contributed by atoms with Crippen molar-refractivity contribution in [2.24, 2.45) is 11.6 Å². The number of nitrogens with two attached hydrogens (primary N) is 2. The van der Waals surface area contributed by atoms with E-state index in [1.807, 2.05) is 6.08 Å². The summed E-state index contributed by atoms with van der Waals surface area (Å²) in [6.45, 7) is 0.518. The van der Waals surface area contributed by atoms with E-state index in [9.17, 15) is 0 Å². The molecule has 4 nitrogen and oxygen atoms in total. The predicted octanol–water partition coefficient (Wildman–Crippen LogP) is -1.05. The van der Waals surface area contributed by atoms with Crippen LogP contribution < -0.4 is 11.6 Å². The smallest absolute Gasteiger partial charge is 0.116 e. The summed E-state index contributed by atoms with van der Waals surface area (Å²) < 4.78 is 0. The van der Waals surface area contributed by atoms with Crippen LogP contribution in [0.2, 0.25) is 0 Å². The Morgan fingerprint density at radius 1 is 1.75 bits per heavy atom. The zero-order valence-corrected chi connectivity index (χ0v) is 4.45. The molecule has 0 saturated carbocycles. The molecule has 0 aromatic heterocycles. The SMILES string of the molecule is NC1C=CCON1N. The van der Waals surface area contributed by atoms with Gasteiger partial charge in [-0.15, -0.1) is 5.17 Å². The highest BCUT2D eigenvalue weighted by Gasteiger charge is 2.08. The Bertz CT molecular complexity index is 103. The Balaban J connectivity index is 2.47. The molecule has 0 fully saturated rings. The largest absolute Gasteiger partial charge is 0.309 e. The third-order valence-corrected chi connectivity index (χ3v) is 0.947. The summed E-state index contributed by atoms with van der Waals surface area (Å²) in [6.07, 6.45) is 3.32. The first-order valence-electron chi connectivity index (χ1n) is 2.40. The summed E-state index contributed by atoms with van der Waals surface area (Å²) in [6, 6.07) is 0. The van der Waals surface area contributed by atoms with E-state index in [0.29, 0.717) is 6.61 Å². The van der Waals surface area contributed by atoms with Crippen LogP contribution in [0.25, 0.3) is 0 Å². The molecule has 46 valence electrons. The van der Waals surface area contributed by atoms with Gasteiger partial charge < -0.3 is 5.73 Å². The molecule has 1 aliphatic rings. The van der Waals surface area contributed by atoms with Crippen molar-refractivity contribution in [1.82, 2.24) is 5.17 Å². The molecular weight excluding hydrogens is 106 g/mol. The summed E-state index contributed by atoms with van der Waals surface area (Å²) in [7, 11) is 0. The molecule has 0 aliphatic carbocycles. The predicted molar refractivity (Wildman–Crippen MR) is 29.1 cm³/mol. The molecule has 0 amide bonds. The van der Waals surface area contributed by atoms with Gasteiger partial charge in [-0.05, 0) is 0 Å². The first-order chi connectivity index (χ1) is 3.80. The molecule has 0 bridgehead atoms. The average molecular weight is 115 g/mol. The van der Waals surface area contributed by atoms with Gasteiger partial charge in [-0.2, -0.15) is 0 Å². The minimum absolute atomic E-state index is 0.288. The van der Waals surface area contributed by atoms with Crippen LogP contribution in [-0.4, -0.2) is 17.9 Å². The third kappa shape index (κ3) is 1.05. The molecule has 0 aromatic rings. The molecule has 4 heteroatoms. The van der Waals surface area contributed by atoms with Gasteiger partial charge in [0.15, 0.2) is 0 Å². The van der Waals surface area contributed by atoms with Crippen LogP contribution in [0.15, 0.2) is 12.2 Å². The molecule has 1 rings (SSSR count). The first kappa shape index (κ1) is 5.71. The Morgan fingerprint density at radius 2 is 2.50 bits per heavy atom. The van der Waals surface area contributed by atoms with Gasteiger partial charge >= 0.3 is 0 Å². The van der Waals surface area contributed by atoms with Crippen LogP contribution in [0.5, 0.6) is 0 Å². The van der Waals surface area contributed by atoms with Crippen molar-refractivity contribution in [3.63, 3.8) is 0 Å². The van der Waals surface area contributed by atoms with E-state index < -0.39 is 0 Å². The van der Waals surface area contributed by atoms with Crippen LogP contribution in [0.3, 0.4) is 0 Å². The maximum atomic E-state index is 5.37. The third-order valence-electron chi connectivity index (χ3n) is 0.947. The first-order valence-corrected chi connectivity index (χ1v) is 2.40. The fraction of sp³-hybridized carbons (Fsp3) is 0.500. The molecule has 0 spiro atoms. The van der Waals surface area contributed by atoms with Gasteiger partial charge in [0.05, 0.1) is 6.61 Å². The van der Waals surface area contributed by atoms with Crippen LogP contribution in [0.4, 0.5) is 0 Å². The van der Waals surface area contributed by atoms with Crippen LogP contribution in [-0.2, 0) is 4.84 Å². The van der Waals surface area contributed by atoms with Crippen molar-refractivity contribution in [3.05, 3.63) is 12.2 Å². The second kappa shape index (κ2) is 2.23. The van der Waals surface area contributed by atoms with Gasteiger partial charge in [0, 0.05) is 0 Å². The number of hydrogen-bond acceptors (Lipinski definition) is 4. The van der Waals surface area contributed by atoms with E-state index in [1.54, 1.807) is 6.08 Å². The monoisotopic (exact) mass is 115 g/mol. The summed E-state index contributed by atoms with van der Waals surface area (Å²) in [5.74, 6) is 5.21. The van der Waals surface area contributed by atoms with E-state index in [-0.39, 0.29) is 6.17 Å². The Labute approximate surface area is 47.6 Å². The van der Waals surface area contributed by atoms with Crippen molar-refractivity contribution < 1.29 is 4.84 Å². The maximum Gasteiger partial charge on any atom is 0.116 e. The maximum absolute atomic E-state index is 5.37. The van der Waals surface area contributed by atoms with E-state index in [4.69, 9.17) is 16.4 Å². The Kier molecular flexibility index (Phi) is 1.59. The Hall–Kier alpha value is -0.420. The molecule has 1 unspecified atom stereocenters. The quantitative estimate of drug-likeness (QED) is 0.312. The number of rotatable bonds is 0. The summed E-state index contributed by atoms with van der Waals surface area (Å²) in [4.78, 5) is 4.79.